The van der Waals surface area contributed by atoms with Crippen LogP contribution in [0.5, 0.6) is 0 Å². The smallest absolute Gasteiger partial charge is 0.295 e. The third kappa shape index (κ3) is 5.55. The summed E-state index contributed by atoms with van der Waals surface area (Å²) in [6.45, 7) is 1.30. The molecule has 0 atom stereocenters. The average Bonchev–Trinajstić information content (AvgIpc) is 2.77. The first-order chi connectivity index (χ1) is 13.8. The Bertz CT molecular complexity index is 894. The van der Waals surface area contributed by atoms with E-state index in [2.05, 4.69) is 29.3 Å². The second-order valence-corrected chi connectivity index (χ2v) is 6.41. The number of carbonyl (C=O) groups excluding carboxylic acids is 1. The monoisotopic (exact) mass is 372 g/mol. The molecule has 0 heterocycles. The predicted molar refractivity (Wildman–Crippen MR) is 112 cm³/mol. The van der Waals surface area contributed by atoms with Crippen molar-refractivity contribution in [2.24, 2.45) is 4.99 Å². The molecule has 4 nitrogen and oxygen atoms in total. The highest BCUT2D eigenvalue weighted by Crippen LogP contribution is 2.10. The van der Waals surface area contributed by atoms with Crippen molar-refractivity contribution in [3.05, 3.63) is 108 Å². The molecule has 0 N–H and O–H groups in total. The lowest BCUT2D eigenvalue weighted by Crippen LogP contribution is -2.34. The van der Waals surface area contributed by atoms with E-state index >= 15 is 0 Å². The Balaban J connectivity index is 1.82. The zero-order valence-corrected chi connectivity index (χ0v) is 16.0. The molecule has 0 bridgehead atoms. The zero-order chi connectivity index (χ0) is 19.6. The molecule has 0 aromatic heterocycles. The number of amidine groups is 1. The summed E-state index contributed by atoms with van der Waals surface area (Å²) in [7, 11) is 1.55. The molecule has 0 unspecified atom stereocenters. The Morgan fingerprint density at radius 1 is 0.821 bits per heavy atom. The predicted octanol–water partition coefficient (Wildman–Crippen LogP) is 4.57. The first kappa shape index (κ1) is 19.4. The van der Waals surface area contributed by atoms with Gasteiger partial charge < -0.3 is 9.64 Å². The lowest BCUT2D eigenvalue weighted by atomic mass is 10.1. The van der Waals surface area contributed by atoms with Gasteiger partial charge in [0.2, 0.25) is 0 Å². The van der Waals surface area contributed by atoms with E-state index in [-0.39, 0.29) is 5.91 Å². The molecule has 0 spiro atoms. The molecular formula is C24H24N2O2. The third-order valence-corrected chi connectivity index (χ3v) is 4.40. The van der Waals surface area contributed by atoms with Crippen LogP contribution in [0.25, 0.3) is 0 Å². The Morgan fingerprint density at radius 2 is 1.36 bits per heavy atom. The largest absolute Gasteiger partial charge is 0.468 e. The van der Waals surface area contributed by atoms with Gasteiger partial charge in [0, 0.05) is 18.7 Å². The molecule has 0 saturated carbocycles. The number of hydrogen-bond acceptors (Lipinski definition) is 2. The van der Waals surface area contributed by atoms with E-state index in [1.165, 1.54) is 5.56 Å². The van der Waals surface area contributed by atoms with Crippen LogP contribution in [0.15, 0.2) is 96.0 Å². The summed E-state index contributed by atoms with van der Waals surface area (Å²) in [5.74, 6) is -0.310. The molecule has 0 fully saturated rings. The van der Waals surface area contributed by atoms with E-state index in [0.717, 1.165) is 12.0 Å². The van der Waals surface area contributed by atoms with Gasteiger partial charge in [0.1, 0.15) is 0 Å². The average molecular weight is 372 g/mol. The van der Waals surface area contributed by atoms with Crippen LogP contribution in [-0.4, -0.2) is 30.5 Å². The van der Waals surface area contributed by atoms with E-state index in [1.54, 1.807) is 19.2 Å². The van der Waals surface area contributed by atoms with Crippen molar-refractivity contribution in [1.82, 2.24) is 4.90 Å². The number of hydrogen-bond donors (Lipinski definition) is 0. The van der Waals surface area contributed by atoms with E-state index < -0.39 is 0 Å². The first-order valence-electron chi connectivity index (χ1n) is 9.31. The molecule has 4 heteroatoms. The van der Waals surface area contributed by atoms with Gasteiger partial charge in [-0.05, 0) is 29.7 Å². The van der Waals surface area contributed by atoms with Gasteiger partial charge in [-0.1, -0.05) is 78.9 Å². The fraction of sp³-hybridized carbons (Fsp3) is 0.167. The van der Waals surface area contributed by atoms with Crippen molar-refractivity contribution >= 4 is 11.9 Å². The number of methoxy groups -OCH3 is 1. The standard InChI is InChI=1S/C24H24N2O2/c1-28-24(25-23(27)22-15-9-4-10-16-22)26(19-21-13-7-3-8-14-21)18-17-20-11-5-2-6-12-20/h2-16H,17-19H2,1H3. The van der Waals surface area contributed by atoms with Crippen molar-refractivity contribution < 1.29 is 9.53 Å². The molecule has 3 rings (SSSR count). The van der Waals surface area contributed by atoms with Gasteiger partial charge in [-0.3, -0.25) is 4.79 Å². The molecule has 0 aliphatic carbocycles. The Labute approximate surface area is 166 Å². The van der Waals surface area contributed by atoms with Gasteiger partial charge in [0.15, 0.2) is 0 Å². The van der Waals surface area contributed by atoms with Crippen molar-refractivity contribution in [3.63, 3.8) is 0 Å². The second-order valence-electron chi connectivity index (χ2n) is 6.41. The summed E-state index contributed by atoms with van der Waals surface area (Å²) < 4.78 is 5.52. The molecule has 0 aliphatic heterocycles. The second kappa shape index (κ2) is 10.1. The SMILES string of the molecule is COC(=NC(=O)c1ccccc1)N(CCc1ccccc1)Cc1ccccc1. The number of aliphatic imine (C=N–C) groups is 1. The highest BCUT2D eigenvalue weighted by Gasteiger charge is 2.16. The highest BCUT2D eigenvalue weighted by molar-refractivity contribution is 6.01. The normalized spacial score (nSPS) is 11.1. The van der Waals surface area contributed by atoms with Gasteiger partial charge in [-0.15, -0.1) is 0 Å². The Kier molecular flexibility index (Phi) is 6.96. The molecule has 142 valence electrons. The minimum absolute atomic E-state index is 0.310. The molecule has 0 saturated heterocycles. The van der Waals surface area contributed by atoms with Gasteiger partial charge in [-0.2, -0.15) is 4.99 Å². The summed E-state index contributed by atoms with van der Waals surface area (Å²) in [4.78, 5) is 18.8. The van der Waals surface area contributed by atoms with E-state index in [1.807, 2.05) is 59.5 Å². The summed E-state index contributed by atoms with van der Waals surface area (Å²) in [6.07, 6.45) is 0.829. The number of carbonyl (C=O) groups is 1. The van der Waals surface area contributed by atoms with Crippen LogP contribution in [0, 0.1) is 0 Å². The van der Waals surface area contributed by atoms with Crippen LogP contribution in [0.3, 0.4) is 0 Å². The van der Waals surface area contributed by atoms with Crippen molar-refractivity contribution in [2.75, 3.05) is 13.7 Å². The van der Waals surface area contributed by atoms with Gasteiger partial charge in [0.05, 0.1) is 7.11 Å². The molecular weight excluding hydrogens is 348 g/mol. The van der Waals surface area contributed by atoms with Crippen LogP contribution in [0.4, 0.5) is 0 Å². The van der Waals surface area contributed by atoms with E-state index in [0.29, 0.717) is 24.7 Å². The lowest BCUT2D eigenvalue weighted by Gasteiger charge is -2.24. The topological polar surface area (TPSA) is 41.9 Å². The Hall–Kier alpha value is -3.40. The third-order valence-electron chi connectivity index (χ3n) is 4.40. The molecule has 3 aromatic carbocycles. The first-order valence-corrected chi connectivity index (χ1v) is 9.31. The number of amides is 1. The maximum absolute atomic E-state index is 12.6. The fourth-order valence-corrected chi connectivity index (χ4v) is 2.93. The number of benzene rings is 3. The molecule has 1 amide bonds. The minimum atomic E-state index is -0.310. The Morgan fingerprint density at radius 3 is 1.93 bits per heavy atom. The van der Waals surface area contributed by atoms with E-state index in [9.17, 15) is 4.79 Å². The van der Waals surface area contributed by atoms with Crippen LogP contribution in [0.1, 0.15) is 21.5 Å². The van der Waals surface area contributed by atoms with Gasteiger partial charge >= 0.3 is 0 Å². The number of rotatable bonds is 6. The van der Waals surface area contributed by atoms with Gasteiger partial charge in [0.25, 0.3) is 11.9 Å². The van der Waals surface area contributed by atoms with Crippen LogP contribution in [0.2, 0.25) is 0 Å². The fourth-order valence-electron chi connectivity index (χ4n) is 2.93. The number of ether oxygens (including phenoxy) is 1. The summed E-state index contributed by atoms with van der Waals surface area (Å²) in [5, 5.41) is 0. The van der Waals surface area contributed by atoms with Gasteiger partial charge in [-0.25, -0.2) is 0 Å². The maximum atomic E-state index is 12.6. The summed E-state index contributed by atoms with van der Waals surface area (Å²) in [6, 6.07) is 29.7. The van der Waals surface area contributed by atoms with Crippen molar-refractivity contribution in [3.8, 4) is 0 Å². The summed E-state index contributed by atoms with van der Waals surface area (Å²) in [5.41, 5.74) is 2.90. The lowest BCUT2D eigenvalue weighted by molar-refractivity contribution is 0.0995. The van der Waals surface area contributed by atoms with Crippen LogP contribution >= 0.6 is 0 Å². The molecule has 0 radical (unpaired) electrons. The van der Waals surface area contributed by atoms with Crippen molar-refractivity contribution in [2.45, 2.75) is 13.0 Å². The maximum Gasteiger partial charge on any atom is 0.295 e. The zero-order valence-electron chi connectivity index (χ0n) is 16.0. The van der Waals surface area contributed by atoms with Crippen LogP contribution in [-0.2, 0) is 17.7 Å². The molecule has 3 aromatic rings. The summed E-state index contributed by atoms with van der Waals surface area (Å²) >= 11 is 0. The highest BCUT2D eigenvalue weighted by atomic mass is 16.5. The minimum Gasteiger partial charge on any atom is -0.468 e. The quantitative estimate of drug-likeness (QED) is 0.470. The number of nitrogens with zero attached hydrogens (tertiary/aromatic N) is 2. The van der Waals surface area contributed by atoms with Crippen molar-refractivity contribution in [1.29, 1.82) is 0 Å². The molecule has 0 aliphatic rings. The van der Waals surface area contributed by atoms with Crippen LogP contribution < -0.4 is 0 Å². The van der Waals surface area contributed by atoms with E-state index in [4.69, 9.17) is 4.74 Å². The molecule has 28 heavy (non-hydrogen) atoms.